The van der Waals surface area contributed by atoms with Crippen LogP contribution in [0.3, 0.4) is 0 Å². The van der Waals surface area contributed by atoms with Gasteiger partial charge in [-0.25, -0.2) is 0 Å². The molecule has 0 aromatic heterocycles. The summed E-state index contributed by atoms with van der Waals surface area (Å²) in [7, 11) is 1.59. The summed E-state index contributed by atoms with van der Waals surface area (Å²) in [6.45, 7) is 1.80. The van der Waals surface area contributed by atoms with Crippen molar-refractivity contribution >= 4 is 18.2 Å². The highest BCUT2D eigenvalue weighted by Crippen LogP contribution is 2.41. The Labute approximate surface area is 119 Å². The molecule has 0 saturated heterocycles. The number of nitrogens with zero attached hydrogens (tertiary/aromatic N) is 1. The number of halogens is 1. The van der Waals surface area contributed by atoms with Crippen LogP contribution in [0.1, 0.15) is 29.9 Å². The Bertz CT molecular complexity index is 502. The SMILES string of the molecule is COc1ccc2c(c1O)CCCC2C1=NCCN1.Cl. The first-order valence-corrected chi connectivity index (χ1v) is 6.48. The molecule has 3 rings (SSSR count). The predicted octanol–water partition coefficient (Wildman–Crippen LogP) is 2.24. The zero-order valence-corrected chi connectivity index (χ0v) is 11.8. The van der Waals surface area contributed by atoms with Crippen LogP contribution in [0.25, 0.3) is 0 Å². The lowest BCUT2D eigenvalue weighted by Gasteiger charge is -2.27. The summed E-state index contributed by atoms with van der Waals surface area (Å²) in [6, 6.07) is 3.92. The van der Waals surface area contributed by atoms with Gasteiger partial charge < -0.3 is 15.2 Å². The van der Waals surface area contributed by atoms with Crippen molar-refractivity contribution in [1.29, 1.82) is 0 Å². The zero-order valence-electron chi connectivity index (χ0n) is 11.0. The molecule has 1 aliphatic heterocycles. The van der Waals surface area contributed by atoms with E-state index in [0.29, 0.717) is 17.4 Å². The highest BCUT2D eigenvalue weighted by atomic mass is 35.5. The van der Waals surface area contributed by atoms with E-state index >= 15 is 0 Å². The van der Waals surface area contributed by atoms with Gasteiger partial charge in [0.05, 0.1) is 13.7 Å². The summed E-state index contributed by atoms with van der Waals surface area (Å²) in [5.74, 6) is 2.27. The topological polar surface area (TPSA) is 53.9 Å². The number of fused-ring (bicyclic) bond motifs is 1. The van der Waals surface area contributed by atoms with Crippen molar-refractivity contribution < 1.29 is 9.84 Å². The molecule has 1 aromatic carbocycles. The Morgan fingerprint density at radius 1 is 1.42 bits per heavy atom. The predicted molar refractivity (Wildman–Crippen MR) is 77.9 cm³/mol. The van der Waals surface area contributed by atoms with Gasteiger partial charge in [-0.3, -0.25) is 4.99 Å². The molecule has 1 aromatic rings. The molecule has 0 saturated carbocycles. The highest BCUT2D eigenvalue weighted by molar-refractivity contribution is 5.91. The number of hydrogen-bond acceptors (Lipinski definition) is 4. The van der Waals surface area contributed by atoms with Crippen LogP contribution < -0.4 is 10.1 Å². The molecule has 2 N–H and O–H groups in total. The molecule has 4 nitrogen and oxygen atoms in total. The third-order valence-electron chi connectivity index (χ3n) is 3.83. The molecule has 2 aliphatic rings. The molecule has 0 fully saturated rings. The van der Waals surface area contributed by atoms with E-state index in [2.05, 4.69) is 16.4 Å². The molecule has 0 radical (unpaired) electrons. The Morgan fingerprint density at radius 3 is 2.95 bits per heavy atom. The van der Waals surface area contributed by atoms with Crippen LogP contribution in [0.15, 0.2) is 17.1 Å². The van der Waals surface area contributed by atoms with Gasteiger partial charge in [0.2, 0.25) is 0 Å². The lowest BCUT2D eigenvalue weighted by Crippen LogP contribution is -2.28. The molecule has 1 unspecified atom stereocenters. The largest absolute Gasteiger partial charge is 0.504 e. The number of phenolic OH excluding ortho intramolecular Hbond substituents is 1. The third-order valence-corrected chi connectivity index (χ3v) is 3.83. The standard InChI is InChI=1S/C14H18N2O2.ClH/c1-18-12-6-5-9-10(13(12)17)3-2-4-11(9)14-15-7-8-16-14;/h5-6,11,17H,2-4,7-8H2,1H3,(H,15,16);1H. The van der Waals surface area contributed by atoms with Crippen LogP contribution in [0.5, 0.6) is 11.5 Å². The molecular formula is C14H19ClN2O2. The average Bonchev–Trinajstić information content (AvgIpc) is 2.92. The lowest BCUT2D eigenvalue weighted by atomic mass is 9.81. The van der Waals surface area contributed by atoms with Gasteiger partial charge in [-0.05, 0) is 30.9 Å². The molecule has 0 bridgehead atoms. The van der Waals surface area contributed by atoms with Crippen molar-refractivity contribution in [2.24, 2.45) is 4.99 Å². The Kier molecular flexibility index (Phi) is 4.20. The lowest BCUT2D eigenvalue weighted by molar-refractivity contribution is 0.368. The van der Waals surface area contributed by atoms with Gasteiger partial charge in [0.25, 0.3) is 0 Å². The minimum absolute atomic E-state index is 0. The maximum absolute atomic E-state index is 10.2. The molecule has 1 atom stereocenters. The number of aliphatic imine (C=N–C) groups is 1. The summed E-state index contributed by atoms with van der Waals surface area (Å²) in [5, 5.41) is 13.6. The van der Waals surface area contributed by atoms with E-state index in [0.717, 1.165) is 43.8 Å². The number of hydrogen-bond donors (Lipinski definition) is 2. The number of amidine groups is 1. The molecule has 19 heavy (non-hydrogen) atoms. The number of methoxy groups -OCH3 is 1. The third kappa shape index (κ3) is 2.37. The normalized spacial score (nSPS) is 20.9. The first-order valence-electron chi connectivity index (χ1n) is 6.48. The van der Waals surface area contributed by atoms with E-state index in [1.54, 1.807) is 7.11 Å². The molecule has 1 heterocycles. The van der Waals surface area contributed by atoms with Gasteiger partial charge in [0.1, 0.15) is 5.84 Å². The zero-order chi connectivity index (χ0) is 12.5. The van der Waals surface area contributed by atoms with Crippen molar-refractivity contribution in [1.82, 2.24) is 5.32 Å². The van der Waals surface area contributed by atoms with Crippen LogP contribution in [-0.4, -0.2) is 31.1 Å². The maximum atomic E-state index is 10.2. The average molecular weight is 283 g/mol. The molecular weight excluding hydrogens is 264 g/mol. The van der Waals surface area contributed by atoms with Crippen molar-refractivity contribution in [3.63, 3.8) is 0 Å². The number of phenols is 1. The van der Waals surface area contributed by atoms with E-state index in [1.165, 1.54) is 5.56 Å². The second kappa shape index (κ2) is 5.70. The van der Waals surface area contributed by atoms with E-state index in [4.69, 9.17) is 4.74 Å². The smallest absolute Gasteiger partial charge is 0.161 e. The van der Waals surface area contributed by atoms with Crippen LogP contribution >= 0.6 is 12.4 Å². The second-order valence-corrected chi connectivity index (χ2v) is 4.82. The minimum atomic E-state index is 0. The first kappa shape index (κ1) is 14.0. The van der Waals surface area contributed by atoms with Crippen LogP contribution in [-0.2, 0) is 6.42 Å². The second-order valence-electron chi connectivity index (χ2n) is 4.82. The molecule has 1 aliphatic carbocycles. The highest BCUT2D eigenvalue weighted by Gasteiger charge is 2.28. The number of benzene rings is 1. The molecule has 104 valence electrons. The minimum Gasteiger partial charge on any atom is -0.504 e. The monoisotopic (exact) mass is 282 g/mol. The number of aromatic hydroxyl groups is 1. The first-order chi connectivity index (χ1) is 8.81. The Hall–Kier alpha value is -1.42. The summed E-state index contributed by atoms with van der Waals surface area (Å²) in [6.07, 6.45) is 3.10. The fourth-order valence-electron chi connectivity index (χ4n) is 2.96. The van der Waals surface area contributed by atoms with Gasteiger partial charge in [0, 0.05) is 18.0 Å². The summed E-state index contributed by atoms with van der Waals surface area (Å²) in [5.41, 5.74) is 2.23. The Balaban J connectivity index is 0.00000133. The fourth-order valence-corrected chi connectivity index (χ4v) is 2.96. The quantitative estimate of drug-likeness (QED) is 0.875. The van der Waals surface area contributed by atoms with E-state index in [9.17, 15) is 5.11 Å². The molecule has 0 amide bonds. The Morgan fingerprint density at radius 2 is 2.26 bits per heavy atom. The van der Waals surface area contributed by atoms with Gasteiger partial charge in [-0.15, -0.1) is 12.4 Å². The van der Waals surface area contributed by atoms with E-state index in [1.807, 2.05) is 6.07 Å². The summed E-state index contributed by atoms with van der Waals surface area (Å²) >= 11 is 0. The summed E-state index contributed by atoms with van der Waals surface area (Å²) in [4.78, 5) is 4.52. The van der Waals surface area contributed by atoms with Gasteiger partial charge in [0.15, 0.2) is 11.5 Å². The summed E-state index contributed by atoms with van der Waals surface area (Å²) < 4.78 is 5.18. The van der Waals surface area contributed by atoms with E-state index in [-0.39, 0.29) is 12.4 Å². The van der Waals surface area contributed by atoms with Gasteiger partial charge >= 0.3 is 0 Å². The fraction of sp³-hybridized carbons (Fsp3) is 0.500. The van der Waals surface area contributed by atoms with Crippen LogP contribution in [0.4, 0.5) is 0 Å². The van der Waals surface area contributed by atoms with Crippen LogP contribution in [0.2, 0.25) is 0 Å². The molecule has 5 heteroatoms. The maximum Gasteiger partial charge on any atom is 0.161 e. The van der Waals surface area contributed by atoms with Crippen molar-refractivity contribution in [3.8, 4) is 11.5 Å². The molecule has 0 spiro atoms. The van der Waals surface area contributed by atoms with Gasteiger partial charge in [-0.2, -0.15) is 0 Å². The van der Waals surface area contributed by atoms with Crippen molar-refractivity contribution in [3.05, 3.63) is 23.3 Å². The van der Waals surface area contributed by atoms with Crippen molar-refractivity contribution in [2.45, 2.75) is 25.2 Å². The van der Waals surface area contributed by atoms with Crippen LogP contribution in [0, 0.1) is 0 Å². The van der Waals surface area contributed by atoms with E-state index < -0.39 is 0 Å². The number of ether oxygens (including phenoxy) is 1. The van der Waals surface area contributed by atoms with Gasteiger partial charge in [-0.1, -0.05) is 6.07 Å². The number of rotatable bonds is 2. The van der Waals surface area contributed by atoms with Crippen molar-refractivity contribution in [2.75, 3.05) is 20.2 Å². The number of nitrogens with one attached hydrogen (secondary N) is 1.